The van der Waals surface area contributed by atoms with Gasteiger partial charge in [0, 0.05) is 23.7 Å². The van der Waals surface area contributed by atoms with Crippen molar-refractivity contribution in [2.24, 2.45) is 5.92 Å². The molecule has 0 radical (unpaired) electrons. The van der Waals surface area contributed by atoms with Gasteiger partial charge in [0.1, 0.15) is 11.6 Å². The first-order valence-corrected chi connectivity index (χ1v) is 7.95. The number of nitrogens with zero attached hydrogens (tertiary/aromatic N) is 1. The maximum atomic E-state index is 13.8. The highest BCUT2D eigenvalue weighted by molar-refractivity contribution is 5.21. The van der Waals surface area contributed by atoms with E-state index in [9.17, 15) is 8.78 Å². The zero-order valence-corrected chi connectivity index (χ0v) is 12.8. The number of rotatable bonds is 4. The summed E-state index contributed by atoms with van der Waals surface area (Å²) in [6.07, 6.45) is 5.06. The molecule has 21 heavy (non-hydrogen) atoms. The summed E-state index contributed by atoms with van der Waals surface area (Å²) in [7, 11) is 2.23. The lowest BCUT2D eigenvalue weighted by Crippen LogP contribution is -2.42. The zero-order chi connectivity index (χ0) is 15.0. The SMILES string of the molecule is CC(NCC1CC2CCC(C1)N2C)c1cc(F)ccc1F. The van der Waals surface area contributed by atoms with E-state index in [1.807, 2.05) is 6.92 Å². The van der Waals surface area contributed by atoms with Crippen LogP contribution in [-0.2, 0) is 0 Å². The van der Waals surface area contributed by atoms with Crippen molar-refractivity contribution in [1.29, 1.82) is 0 Å². The van der Waals surface area contributed by atoms with Gasteiger partial charge < -0.3 is 10.2 Å². The Kier molecular flexibility index (Phi) is 4.27. The Morgan fingerprint density at radius 2 is 1.90 bits per heavy atom. The lowest BCUT2D eigenvalue weighted by atomic mass is 9.90. The number of halogens is 2. The predicted molar refractivity (Wildman–Crippen MR) is 80.1 cm³/mol. The van der Waals surface area contributed by atoms with E-state index in [1.54, 1.807) is 0 Å². The molecule has 3 rings (SSSR count). The van der Waals surface area contributed by atoms with Crippen LogP contribution < -0.4 is 5.32 Å². The van der Waals surface area contributed by atoms with Gasteiger partial charge in [0.2, 0.25) is 0 Å². The molecule has 2 saturated heterocycles. The van der Waals surface area contributed by atoms with Gasteiger partial charge in [-0.1, -0.05) is 0 Å². The number of benzene rings is 1. The van der Waals surface area contributed by atoms with E-state index in [1.165, 1.54) is 43.9 Å². The molecule has 3 unspecified atom stereocenters. The van der Waals surface area contributed by atoms with Crippen LogP contribution in [0.25, 0.3) is 0 Å². The van der Waals surface area contributed by atoms with Crippen molar-refractivity contribution in [2.45, 2.75) is 50.7 Å². The number of piperidine rings is 1. The van der Waals surface area contributed by atoms with Crippen LogP contribution in [0.4, 0.5) is 8.78 Å². The minimum absolute atomic E-state index is 0.155. The molecule has 3 atom stereocenters. The molecule has 0 spiro atoms. The van der Waals surface area contributed by atoms with Crippen molar-refractivity contribution < 1.29 is 8.78 Å². The minimum atomic E-state index is -0.377. The van der Waals surface area contributed by atoms with E-state index in [0.717, 1.165) is 18.6 Å². The molecule has 1 aromatic rings. The van der Waals surface area contributed by atoms with Gasteiger partial charge in [-0.05, 0) is 70.3 Å². The Balaban J connectivity index is 1.57. The summed E-state index contributed by atoms with van der Waals surface area (Å²) in [5.41, 5.74) is 0.422. The van der Waals surface area contributed by atoms with E-state index >= 15 is 0 Å². The second-order valence-electron chi connectivity index (χ2n) is 6.68. The van der Waals surface area contributed by atoms with Gasteiger partial charge in [-0.2, -0.15) is 0 Å². The fourth-order valence-corrected chi connectivity index (χ4v) is 3.99. The smallest absolute Gasteiger partial charge is 0.128 e. The van der Waals surface area contributed by atoms with Crippen LogP contribution in [-0.4, -0.2) is 30.6 Å². The Morgan fingerprint density at radius 3 is 2.57 bits per heavy atom. The van der Waals surface area contributed by atoms with E-state index in [4.69, 9.17) is 0 Å². The monoisotopic (exact) mass is 294 g/mol. The average molecular weight is 294 g/mol. The molecule has 2 aliphatic rings. The first-order valence-electron chi connectivity index (χ1n) is 7.95. The van der Waals surface area contributed by atoms with Crippen molar-refractivity contribution in [3.05, 3.63) is 35.4 Å². The Morgan fingerprint density at radius 1 is 1.24 bits per heavy atom. The molecule has 0 amide bonds. The fraction of sp³-hybridized carbons (Fsp3) is 0.647. The molecule has 0 saturated carbocycles. The van der Waals surface area contributed by atoms with Gasteiger partial charge in [0.05, 0.1) is 0 Å². The van der Waals surface area contributed by atoms with Crippen molar-refractivity contribution in [3.8, 4) is 0 Å². The number of hydrogen-bond donors (Lipinski definition) is 1. The molecule has 4 heteroatoms. The van der Waals surface area contributed by atoms with Crippen LogP contribution in [0, 0.1) is 17.6 Å². The van der Waals surface area contributed by atoms with Crippen LogP contribution in [0.15, 0.2) is 18.2 Å². The quantitative estimate of drug-likeness (QED) is 0.914. The second kappa shape index (κ2) is 6.01. The molecule has 0 aromatic heterocycles. The van der Waals surface area contributed by atoms with Gasteiger partial charge in [-0.25, -0.2) is 8.78 Å². The van der Waals surface area contributed by atoms with Crippen LogP contribution in [0.5, 0.6) is 0 Å². The maximum absolute atomic E-state index is 13.8. The molecule has 116 valence electrons. The van der Waals surface area contributed by atoms with Gasteiger partial charge in [0.15, 0.2) is 0 Å². The second-order valence-corrected chi connectivity index (χ2v) is 6.68. The Hall–Kier alpha value is -1.00. The third-order valence-corrected chi connectivity index (χ3v) is 5.33. The van der Waals surface area contributed by atoms with Crippen LogP contribution >= 0.6 is 0 Å². The van der Waals surface area contributed by atoms with Crippen molar-refractivity contribution in [2.75, 3.05) is 13.6 Å². The maximum Gasteiger partial charge on any atom is 0.128 e. The fourth-order valence-electron chi connectivity index (χ4n) is 3.99. The summed E-state index contributed by atoms with van der Waals surface area (Å²) in [5, 5.41) is 3.40. The molecule has 0 aliphatic carbocycles. The Labute approximate surface area is 125 Å². The number of hydrogen-bond acceptors (Lipinski definition) is 2. The summed E-state index contributed by atoms with van der Waals surface area (Å²) >= 11 is 0. The topological polar surface area (TPSA) is 15.3 Å². The highest BCUT2D eigenvalue weighted by Crippen LogP contribution is 2.37. The van der Waals surface area contributed by atoms with E-state index in [0.29, 0.717) is 11.5 Å². The highest BCUT2D eigenvalue weighted by atomic mass is 19.1. The molecular formula is C17H24F2N2. The molecule has 2 fully saturated rings. The van der Waals surface area contributed by atoms with Crippen molar-refractivity contribution in [1.82, 2.24) is 10.2 Å². The van der Waals surface area contributed by atoms with Crippen LogP contribution in [0.3, 0.4) is 0 Å². The minimum Gasteiger partial charge on any atom is -0.310 e. The summed E-state index contributed by atoms with van der Waals surface area (Å²) < 4.78 is 27.0. The number of nitrogens with one attached hydrogen (secondary N) is 1. The summed E-state index contributed by atoms with van der Waals surface area (Å²) in [5.74, 6) is -0.0602. The van der Waals surface area contributed by atoms with E-state index in [-0.39, 0.29) is 17.7 Å². The molecular weight excluding hydrogens is 270 g/mol. The largest absolute Gasteiger partial charge is 0.310 e. The molecule has 2 bridgehead atoms. The van der Waals surface area contributed by atoms with Crippen molar-refractivity contribution in [3.63, 3.8) is 0 Å². The van der Waals surface area contributed by atoms with Gasteiger partial charge in [-0.3, -0.25) is 0 Å². The lowest BCUT2D eigenvalue weighted by Gasteiger charge is -2.36. The molecule has 2 aliphatic heterocycles. The average Bonchev–Trinajstić information content (AvgIpc) is 2.69. The Bertz CT molecular complexity index is 492. The first-order chi connectivity index (χ1) is 10.0. The standard InChI is InChI=1S/C17H24F2N2/c1-11(16-9-13(18)3-6-17(16)19)20-10-12-7-14-4-5-15(8-12)21(14)2/h3,6,9,11-12,14-15,20H,4-5,7-8,10H2,1-2H3. The predicted octanol–water partition coefficient (Wildman–Crippen LogP) is 3.49. The van der Waals surface area contributed by atoms with E-state index < -0.39 is 0 Å². The van der Waals surface area contributed by atoms with E-state index in [2.05, 4.69) is 17.3 Å². The van der Waals surface area contributed by atoms with Crippen LogP contribution in [0.2, 0.25) is 0 Å². The molecule has 1 N–H and O–H groups in total. The van der Waals surface area contributed by atoms with Gasteiger partial charge >= 0.3 is 0 Å². The summed E-state index contributed by atoms with van der Waals surface area (Å²) in [6, 6.07) is 4.95. The number of fused-ring (bicyclic) bond motifs is 2. The van der Waals surface area contributed by atoms with Crippen LogP contribution in [0.1, 0.15) is 44.2 Å². The normalized spacial score (nSPS) is 30.6. The third kappa shape index (κ3) is 3.11. The summed E-state index contributed by atoms with van der Waals surface area (Å²) in [6.45, 7) is 2.79. The van der Waals surface area contributed by atoms with Gasteiger partial charge in [-0.15, -0.1) is 0 Å². The molecule has 1 aromatic carbocycles. The molecule has 2 heterocycles. The zero-order valence-electron chi connectivity index (χ0n) is 12.8. The van der Waals surface area contributed by atoms with Crippen molar-refractivity contribution >= 4 is 0 Å². The third-order valence-electron chi connectivity index (χ3n) is 5.33. The summed E-state index contributed by atoms with van der Waals surface area (Å²) in [4.78, 5) is 2.52. The van der Waals surface area contributed by atoms with Gasteiger partial charge in [0.25, 0.3) is 0 Å². The molecule has 2 nitrogen and oxygen atoms in total. The highest BCUT2D eigenvalue weighted by Gasteiger charge is 2.38. The lowest BCUT2D eigenvalue weighted by molar-refractivity contribution is 0.131. The first kappa shape index (κ1) is 14.9.